The van der Waals surface area contributed by atoms with Crippen LogP contribution in [-0.4, -0.2) is 66.4 Å². The van der Waals surface area contributed by atoms with E-state index in [1.165, 1.54) is 15.6 Å². The van der Waals surface area contributed by atoms with Gasteiger partial charge in [-0.15, -0.1) is 0 Å². The molecule has 0 aliphatic carbocycles. The molecule has 0 amide bonds. The van der Waals surface area contributed by atoms with Crippen LogP contribution in [0.5, 0.6) is 0 Å². The van der Waals surface area contributed by atoms with Crippen molar-refractivity contribution in [1.82, 2.24) is 24.7 Å². The first-order chi connectivity index (χ1) is 12.2. The lowest BCUT2D eigenvalue weighted by Crippen LogP contribution is -2.43. The number of aromatic nitrogens is 2. The molecule has 26 heavy (non-hydrogen) atoms. The van der Waals surface area contributed by atoms with Crippen LogP contribution in [0.4, 0.5) is 0 Å². The third kappa shape index (κ3) is 5.20. The van der Waals surface area contributed by atoms with Gasteiger partial charge < -0.3 is 10.6 Å². The highest BCUT2D eigenvalue weighted by Crippen LogP contribution is 2.14. The van der Waals surface area contributed by atoms with Crippen LogP contribution in [0.1, 0.15) is 37.2 Å². The lowest BCUT2D eigenvalue weighted by Gasteiger charge is -2.19. The molecule has 1 saturated heterocycles. The van der Waals surface area contributed by atoms with Crippen LogP contribution in [0.15, 0.2) is 4.99 Å². The number of nitrogens with zero attached hydrogens (tertiary/aromatic N) is 4. The van der Waals surface area contributed by atoms with Gasteiger partial charge in [0.2, 0.25) is 10.0 Å². The summed E-state index contributed by atoms with van der Waals surface area (Å²) in [6.45, 7) is 10.5. The molecule has 2 N–H and O–H groups in total. The van der Waals surface area contributed by atoms with Gasteiger partial charge in [0.1, 0.15) is 0 Å². The Bertz CT molecular complexity index is 741. The maximum Gasteiger partial charge on any atom is 0.214 e. The molecule has 148 valence electrons. The Morgan fingerprint density at radius 2 is 2.12 bits per heavy atom. The van der Waals surface area contributed by atoms with Crippen molar-refractivity contribution in [3.8, 4) is 0 Å². The second kappa shape index (κ2) is 8.85. The molecule has 1 aliphatic rings. The summed E-state index contributed by atoms with van der Waals surface area (Å²) in [6, 6.07) is 0.185. The van der Waals surface area contributed by atoms with Crippen molar-refractivity contribution in [2.75, 3.05) is 31.9 Å². The van der Waals surface area contributed by atoms with E-state index in [9.17, 15) is 8.42 Å². The van der Waals surface area contributed by atoms with Crippen molar-refractivity contribution >= 4 is 16.0 Å². The van der Waals surface area contributed by atoms with Crippen LogP contribution in [0, 0.1) is 13.8 Å². The van der Waals surface area contributed by atoms with Crippen LogP contribution in [0.3, 0.4) is 0 Å². The molecule has 0 aromatic carbocycles. The fourth-order valence-corrected chi connectivity index (χ4v) is 4.76. The van der Waals surface area contributed by atoms with Gasteiger partial charge in [-0.05, 0) is 46.1 Å². The zero-order valence-corrected chi connectivity index (χ0v) is 17.4. The van der Waals surface area contributed by atoms with Crippen LogP contribution >= 0.6 is 0 Å². The van der Waals surface area contributed by atoms with E-state index in [0.29, 0.717) is 26.1 Å². The molecule has 1 aliphatic heterocycles. The zero-order chi connectivity index (χ0) is 19.3. The highest BCUT2D eigenvalue weighted by atomic mass is 32.2. The molecule has 0 radical (unpaired) electrons. The minimum Gasteiger partial charge on any atom is -0.357 e. The maximum absolute atomic E-state index is 11.8. The molecule has 0 saturated carbocycles. The first kappa shape index (κ1) is 20.7. The van der Waals surface area contributed by atoms with Gasteiger partial charge >= 0.3 is 0 Å². The van der Waals surface area contributed by atoms with Crippen molar-refractivity contribution in [2.45, 2.75) is 46.6 Å². The standard InChI is InChI=1S/C17H32N6O2S/c1-6-18-17(19-8-10-23-9-7-11-26(23,24)25)20-13(2)12-16-14(3)21-22(5)15(16)4/h13H,6-12H2,1-5H3,(H2,18,19,20). The van der Waals surface area contributed by atoms with Crippen LogP contribution in [0.2, 0.25) is 0 Å². The Morgan fingerprint density at radius 3 is 2.65 bits per heavy atom. The predicted molar refractivity (Wildman–Crippen MR) is 105 cm³/mol. The van der Waals surface area contributed by atoms with Crippen molar-refractivity contribution in [3.63, 3.8) is 0 Å². The number of hydrogen-bond acceptors (Lipinski definition) is 4. The summed E-state index contributed by atoms with van der Waals surface area (Å²) in [5.41, 5.74) is 3.49. The Labute approximate surface area is 157 Å². The average molecular weight is 385 g/mol. The van der Waals surface area contributed by atoms with Crippen LogP contribution < -0.4 is 10.6 Å². The van der Waals surface area contributed by atoms with Gasteiger partial charge in [-0.2, -0.15) is 5.10 Å². The molecule has 1 fully saturated rings. The van der Waals surface area contributed by atoms with Gasteiger partial charge in [0.15, 0.2) is 5.96 Å². The van der Waals surface area contributed by atoms with Gasteiger partial charge in [0.05, 0.1) is 18.0 Å². The Balaban J connectivity index is 1.93. The van der Waals surface area contributed by atoms with E-state index in [2.05, 4.69) is 34.6 Å². The molecule has 1 atom stereocenters. The third-order valence-corrected chi connectivity index (χ3v) is 6.68. The molecule has 0 spiro atoms. The number of nitrogens with one attached hydrogen (secondary N) is 2. The lowest BCUT2D eigenvalue weighted by molar-refractivity contribution is 0.451. The summed E-state index contributed by atoms with van der Waals surface area (Å²) in [4.78, 5) is 4.54. The maximum atomic E-state index is 11.8. The van der Waals surface area contributed by atoms with E-state index in [0.717, 1.165) is 24.6 Å². The average Bonchev–Trinajstić information content (AvgIpc) is 3.01. The summed E-state index contributed by atoms with van der Waals surface area (Å²) >= 11 is 0. The van der Waals surface area contributed by atoms with Crippen molar-refractivity contribution in [3.05, 3.63) is 17.0 Å². The quantitative estimate of drug-likeness (QED) is 0.529. The number of aliphatic imine (C=N–C) groups is 1. The van der Waals surface area contributed by atoms with E-state index < -0.39 is 10.0 Å². The molecule has 0 bridgehead atoms. The molecule has 1 aromatic rings. The highest BCUT2D eigenvalue weighted by molar-refractivity contribution is 7.89. The molecule has 1 unspecified atom stereocenters. The van der Waals surface area contributed by atoms with Gasteiger partial charge in [0, 0.05) is 38.4 Å². The van der Waals surface area contributed by atoms with Crippen molar-refractivity contribution in [1.29, 1.82) is 0 Å². The second-order valence-electron chi connectivity index (χ2n) is 6.85. The number of guanidine groups is 1. The summed E-state index contributed by atoms with van der Waals surface area (Å²) in [5.74, 6) is 0.978. The Kier molecular flexibility index (Phi) is 7.05. The first-order valence-corrected chi connectivity index (χ1v) is 10.9. The smallest absolute Gasteiger partial charge is 0.214 e. The molecule has 1 aromatic heterocycles. The summed E-state index contributed by atoms with van der Waals surface area (Å²) in [6.07, 6.45) is 1.57. The zero-order valence-electron chi connectivity index (χ0n) is 16.5. The number of rotatable bonds is 7. The normalized spacial score (nSPS) is 18.9. The van der Waals surface area contributed by atoms with Crippen molar-refractivity contribution in [2.24, 2.45) is 12.0 Å². The largest absolute Gasteiger partial charge is 0.357 e. The van der Waals surface area contributed by atoms with Crippen molar-refractivity contribution < 1.29 is 8.42 Å². The third-order valence-electron chi connectivity index (χ3n) is 4.72. The summed E-state index contributed by atoms with van der Waals surface area (Å²) < 4.78 is 27.1. The summed E-state index contributed by atoms with van der Waals surface area (Å²) in [7, 11) is -1.09. The molecule has 2 rings (SSSR count). The Hall–Kier alpha value is -1.61. The fraction of sp³-hybridized carbons (Fsp3) is 0.765. The first-order valence-electron chi connectivity index (χ1n) is 9.26. The molecule has 9 heteroatoms. The minimum atomic E-state index is -3.05. The topological polar surface area (TPSA) is 91.6 Å². The SMILES string of the molecule is CCNC(=NCCN1CCCS1(=O)=O)NC(C)Cc1c(C)nn(C)c1C. The van der Waals surface area contributed by atoms with Crippen LogP contribution in [-0.2, 0) is 23.5 Å². The lowest BCUT2D eigenvalue weighted by atomic mass is 10.1. The number of sulfonamides is 1. The van der Waals surface area contributed by atoms with Crippen LogP contribution in [0.25, 0.3) is 0 Å². The minimum absolute atomic E-state index is 0.185. The molecular weight excluding hydrogens is 352 g/mol. The van der Waals surface area contributed by atoms with E-state index in [1.807, 2.05) is 25.6 Å². The van der Waals surface area contributed by atoms with Gasteiger partial charge in [-0.3, -0.25) is 9.67 Å². The molecular formula is C17H32N6O2S. The number of hydrogen-bond donors (Lipinski definition) is 2. The predicted octanol–water partition coefficient (Wildman–Crippen LogP) is 0.559. The molecule has 2 heterocycles. The van der Waals surface area contributed by atoms with E-state index >= 15 is 0 Å². The monoisotopic (exact) mass is 384 g/mol. The molecule has 8 nitrogen and oxygen atoms in total. The fourth-order valence-electron chi connectivity index (χ4n) is 3.24. The highest BCUT2D eigenvalue weighted by Gasteiger charge is 2.27. The van der Waals surface area contributed by atoms with E-state index in [1.54, 1.807) is 0 Å². The Morgan fingerprint density at radius 1 is 1.38 bits per heavy atom. The van der Waals surface area contributed by atoms with Gasteiger partial charge in [0.25, 0.3) is 0 Å². The van der Waals surface area contributed by atoms with E-state index in [-0.39, 0.29) is 11.8 Å². The van der Waals surface area contributed by atoms with E-state index in [4.69, 9.17) is 0 Å². The summed E-state index contributed by atoms with van der Waals surface area (Å²) in [5, 5.41) is 11.1. The van der Waals surface area contributed by atoms with Gasteiger partial charge in [-0.1, -0.05) is 0 Å². The number of aryl methyl sites for hydroxylation is 2. The van der Waals surface area contributed by atoms with Gasteiger partial charge in [-0.25, -0.2) is 12.7 Å². The second-order valence-corrected chi connectivity index (χ2v) is 8.94.